The molecule has 0 heterocycles. The lowest BCUT2D eigenvalue weighted by Crippen LogP contribution is -2.33. The topological polar surface area (TPSA) is 9.23 Å². The number of ether oxygens (including phenoxy) is 1. The van der Waals surface area contributed by atoms with E-state index in [0.717, 1.165) is 16.5 Å². The van der Waals surface area contributed by atoms with Crippen molar-refractivity contribution in [2.45, 2.75) is 31.8 Å². The van der Waals surface area contributed by atoms with Gasteiger partial charge in [-0.3, -0.25) is 0 Å². The van der Waals surface area contributed by atoms with Crippen LogP contribution in [0.3, 0.4) is 0 Å². The van der Waals surface area contributed by atoms with Gasteiger partial charge >= 0.3 is 0 Å². The second kappa shape index (κ2) is 7.74. The fourth-order valence-electron chi connectivity index (χ4n) is 1.83. The molecule has 102 valence electrons. The van der Waals surface area contributed by atoms with Crippen molar-refractivity contribution in [2.75, 3.05) is 18.4 Å². The molecular weight excluding hydrogens is 335 g/mol. The van der Waals surface area contributed by atoms with Crippen molar-refractivity contribution in [3.63, 3.8) is 0 Å². The first kappa shape index (κ1) is 16.3. The SMILES string of the molecule is CC(C)OCCC(CCl)(CCl)c1ccccc1Br. The molecule has 0 amide bonds. The molecule has 4 heteroatoms. The molecule has 0 saturated carbocycles. The fraction of sp³-hybridized carbons (Fsp3) is 0.571. The Bertz CT molecular complexity index is 365. The maximum Gasteiger partial charge on any atom is 0.0518 e. The minimum absolute atomic E-state index is 0.229. The third-order valence-electron chi connectivity index (χ3n) is 2.99. The summed E-state index contributed by atoms with van der Waals surface area (Å²) in [6, 6.07) is 8.10. The molecule has 0 saturated heterocycles. The number of hydrogen-bond acceptors (Lipinski definition) is 1. The molecule has 1 rings (SSSR count). The summed E-state index contributed by atoms with van der Waals surface area (Å²) >= 11 is 15.9. The maximum absolute atomic E-state index is 6.19. The van der Waals surface area contributed by atoms with Gasteiger partial charge in [-0.05, 0) is 31.9 Å². The van der Waals surface area contributed by atoms with Gasteiger partial charge in [-0.25, -0.2) is 0 Å². The van der Waals surface area contributed by atoms with Gasteiger partial charge in [-0.15, -0.1) is 23.2 Å². The number of alkyl halides is 2. The Labute approximate surface area is 128 Å². The van der Waals surface area contributed by atoms with Crippen molar-refractivity contribution in [2.24, 2.45) is 0 Å². The lowest BCUT2D eigenvalue weighted by Gasteiger charge is -2.31. The van der Waals surface area contributed by atoms with Gasteiger partial charge in [0.15, 0.2) is 0 Å². The maximum atomic E-state index is 6.19. The summed E-state index contributed by atoms with van der Waals surface area (Å²) < 4.78 is 6.68. The lowest BCUT2D eigenvalue weighted by atomic mass is 9.81. The number of benzene rings is 1. The van der Waals surface area contributed by atoms with Crippen molar-refractivity contribution in [3.05, 3.63) is 34.3 Å². The van der Waals surface area contributed by atoms with Crippen LogP contribution in [0.4, 0.5) is 0 Å². The molecule has 0 radical (unpaired) electrons. The smallest absolute Gasteiger partial charge is 0.0518 e. The van der Waals surface area contributed by atoms with Crippen LogP contribution in [0.5, 0.6) is 0 Å². The van der Waals surface area contributed by atoms with E-state index in [0.29, 0.717) is 18.4 Å². The fourth-order valence-corrected chi connectivity index (χ4v) is 3.38. The second-order valence-electron chi connectivity index (χ2n) is 4.70. The largest absolute Gasteiger partial charge is 0.379 e. The van der Waals surface area contributed by atoms with Gasteiger partial charge in [-0.1, -0.05) is 34.1 Å². The number of halogens is 3. The van der Waals surface area contributed by atoms with Gasteiger partial charge in [0.25, 0.3) is 0 Å². The van der Waals surface area contributed by atoms with Crippen LogP contribution in [0.25, 0.3) is 0 Å². The molecule has 0 bridgehead atoms. The highest BCUT2D eigenvalue weighted by molar-refractivity contribution is 9.10. The molecule has 0 unspecified atom stereocenters. The third kappa shape index (κ3) is 4.12. The van der Waals surface area contributed by atoms with Crippen LogP contribution in [0.15, 0.2) is 28.7 Å². The Morgan fingerprint density at radius 3 is 2.33 bits per heavy atom. The van der Waals surface area contributed by atoms with E-state index in [2.05, 4.69) is 22.0 Å². The number of rotatable bonds is 7. The van der Waals surface area contributed by atoms with Crippen LogP contribution in [-0.4, -0.2) is 24.5 Å². The van der Waals surface area contributed by atoms with E-state index in [1.54, 1.807) is 0 Å². The van der Waals surface area contributed by atoms with Gasteiger partial charge in [0, 0.05) is 28.3 Å². The van der Waals surface area contributed by atoms with Gasteiger partial charge < -0.3 is 4.74 Å². The Morgan fingerprint density at radius 1 is 1.22 bits per heavy atom. The van der Waals surface area contributed by atoms with Crippen LogP contribution in [-0.2, 0) is 10.2 Å². The van der Waals surface area contributed by atoms with Crippen LogP contribution >= 0.6 is 39.1 Å². The van der Waals surface area contributed by atoms with E-state index in [1.165, 1.54) is 0 Å². The summed E-state index contributed by atoms with van der Waals surface area (Å²) in [5.41, 5.74) is 0.917. The summed E-state index contributed by atoms with van der Waals surface area (Å²) in [6.07, 6.45) is 1.05. The Kier molecular flexibility index (Phi) is 7.01. The predicted molar refractivity (Wildman–Crippen MR) is 83.0 cm³/mol. The van der Waals surface area contributed by atoms with Crippen molar-refractivity contribution >= 4 is 39.1 Å². The van der Waals surface area contributed by atoms with E-state index < -0.39 is 0 Å². The standard InChI is InChI=1S/C14H19BrCl2O/c1-11(2)18-8-7-14(9-16,10-17)12-5-3-4-6-13(12)15/h3-6,11H,7-10H2,1-2H3. The zero-order valence-corrected chi connectivity index (χ0v) is 13.9. The summed E-state index contributed by atoms with van der Waals surface area (Å²) in [5.74, 6) is 0.973. The Balaban J connectivity index is 2.89. The monoisotopic (exact) mass is 352 g/mol. The molecule has 0 aliphatic carbocycles. The van der Waals surface area contributed by atoms with E-state index >= 15 is 0 Å². The molecule has 18 heavy (non-hydrogen) atoms. The first-order valence-electron chi connectivity index (χ1n) is 6.04. The average Bonchev–Trinajstić information content (AvgIpc) is 2.36. The lowest BCUT2D eigenvalue weighted by molar-refractivity contribution is 0.0677. The molecule has 0 N–H and O–H groups in total. The molecule has 0 aliphatic rings. The van der Waals surface area contributed by atoms with Crippen LogP contribution < -0.4 is 0 Å². The summed E-state index contributed by atoms with van der Waals surface area (Å²) in [4.78, 5) is 0. The second-order valence-corrected chi connectivity index (χ2v) is 6.09. The highest BCUT2D eigenvalue weighted by Gasteiger charge is 2.32. The molecule has 0 atom stereocenters. The Morgan fingerprint density at radius 2 is 1.83 bits per heavy atom. The highest BCUT2D eigenvalue weighted by Crippen LogP contribution is 2.36. The third-order valence-corrected chi connectivity index (χ3v) is 4.70. The van der Waals surface area contributed by atoms with Gasteiger partial charge in [0.2, 0.25) is 0 Å². The molecule has 0 fully saturated rings. The highest BCUT2D eigenvalue weighted by atomic mass is 79.9. The molecular formula is C14H19BrCl2O. The zero-order valence-electron chi connectivity index (χ0n) is 10.8. The molecule has 1 nitrogen and oxygen atoms in total. The quantitative estimate of drug-likeness (QED) is 0.628. The van der Waals surface area contributed by atoms with Crippen molar-refractivity contribution in [3.8, 4) is 0 Å². The molecule has 0 aliphatic heterocycles. The molecule has 0 spiro atoms. The zero-order chi connectivity index (χ0) is 13.6. The van der Waals surface area contributed by atoms with E-state index in [-0.39, 0.29) is 11.5 Å². The molecule has 1 aromatic rings. The number of hydrogen-bond donors (Lipinski definition) is 0. The first-order valence-corrected chi connectivity index (χ1v) is 7.90. The first-order chi connectivity index (χ1) is 8.55. The van der Waals surface area contributed by atoms with Crippen LogP contribution in [0.2, 0.25) is 0 Å². The Hall–Kier alpha value is 0.240. The summed E-state index contributed by atoms with van der Waals surface area (Å²) in [5, 5.41) is 0. The van der Waals surface area contributed by atoms with E-state index in [4.69, 9.17) is 27.9 Å². The minimum Gasteiger partial charge on any atom is -0.379 e. The molecule has 1 aromatic carbocycles. The average molecular weight is 354 g/mol. The molecule has 0 aromatic heterocycles. The van der Waals surface area contributed by atoms with Crippen molar-refractivity contribution in [1.29, 1.82) is 0 Å². The van der Waals surface area contributed by atoms with Crippen molar-refractivity contribution in [1.82, 2.24) is 0 Å². The van der Waals surface area contributed by atoms with E-state index in [1.807, 2.05) is 32.0 Å². The van der Waals surface area contributed by atoms with E-state index in [9.17, 15) is 0 Å². The predicted octanol–water partition coefficient (Wildman–Crippen LogP) is 4.98. The van der Waals surface area contributed by atoms with Gasteiger partial charge in [-0.2, -0.15) is 0 Å². The summed E-state index contributed by atoms with van der Waals surface area (Å²) in [6.45, 7) is 4.72. The van der Waals surface area contributed by atoms with Gasteiger partial charge in [0.05, 0.1) is 6.10 Å². The summed E-state index contributed by atoms with van der Waals surface area (Å²) in [7, 11) is 0. The van der Waals surface area contributed by atoms with Crippen LogP contribution in [0.1, 0.15) is 25.8 Å². The van der Waals surface area contributed by atoms with Crippen LogP contribution in [0, 0.1) is 0 Å². The van der Waals surface area contributed by atoms with Crippen molar-refractivity contribution < 1.29 is 4.74 Å². The normalized spacial score (nSPS) is 12.1. The van der Waals surface area contributed by atoms with Gasteiger partial charge in [0.1, 0.15) is 0 Å². The minimum atomic E-state index is -0.238.